The molecule has 0 unspecified atom stereocenters. The summed E-state index contributed by atoms with van der Waals surface area (Å²) in [5.41, 5.74) is 9.69. The fraction of sp³-hybridized carbons (Fsp3) is 0.200. The number of nitrogens with zero attached hydrogens (tertiary/aromatic N) is 3. The fourth-order valence-electron chi connectivity index (χ4n) is 2.05. The minimum absolute atomic E-state index is 0.155. The molecule has 1 aromatic carbocycles. The quantitative estimate of drug-likeness (QED) is 0.894. The van der Waals surface area contributed by atoms with Gasteiger partial charge in [-0.05, 0) is 37.6 Å². The Bertz CT molecular complexity index is 687. The summed E-state index contributed by atoms with van der Waals surface area (Å²) < 4.78 is 1.54. The van der Waals surface area contributed by atoms with Gasteiger partial charge in [-0.25, -0.2) is 0 Å². The first-order valence-corrected chi connectivity index (χ1v) is 6.22. The van der Waals surface area contributed by atoms with E-state index in [1.807, 2.05) is 26.0 Å². The summed E-state index contributed by atoms with van der Waals surface area (Å²) in [6.45, 7) is 3.89. The van der Waals surface area contributed by atoms with Crippen LogP contribution < -0.4 is 5.73 Å². The van der Waals surface area contributed by atoms with Crippen LogP contribution in [0.1, 0.15) is 18.1 Å². The van der Waals surface area contributed by atoms with E-state index in [0.717, 1.165) is 16.7 Å². The van der Waals surface area contributed by atoms with Gasteiger partial charge in [-0.2, -0.15) is 10.4 Å². The van der Waals surface area contributed by atoms with Gasteiger partial charge in [-0.3, -0.25) is 4.68 Å². The minimum atomic E-state index is 0.155. The highest BCUT2D eigenvalue weighted by molar-refractivity contribution is 5.78. The van der Waals surface area contributed by atoms with E-state index in [1.54, 1.807) is 29.1 Å². The Labute approximate surface area is 117 Å². The maximum absolute atomic E-state index is 9.72. The van der Waals surface area contributed by atoms with E-state index in [4.69, 9.17) is 11.0 Å². The fourth-order valence-corrected chi connectivity index (χ4v) is 2.05. The molecule has 0 saturated heterocycles. The molecule has 2 aromatic rings. The van der Waals surface area contributed by atoms with E-state index in [2.05, 4.69) is 5.10 Å². The second-order valence-corrected chi connectivity index (χ2v) is 4.55. The molecule has 2 rings (SSSR count). The van der Waals surface area contributed by atoms with Gasteiger partial charge < -0.3 is 10.8 Å². The molecule has 0 radical (unpaired) electrons. The molecule has 3 N–H and O–H groups in total. The first-order chi connectivity index (χ1) is 9.55. The van der Waals surface area contributed by atoms with Gasteiger partial charge in [0.25, 0.3) is 0 Å². The van der Waals surface area contributed by atoms with Crippen LogP contribution in [0.3, 0.4) is 0 Å². The first-order valence-electron chi connectivity index (χ1n) is 6.22. The van der Waals surface area contributed by atoms with Crippen LogP contribution in [0.25, 0.3) is 17.0 Å². The highest BCUT2D eigenvalue weighted by atomic mass is 16.3. The highest BCUT2D eigenvalue weighted by Crippen LogP contribution is 2.29. The number of phenols is 1. The van der Waals surface area contributed by atoms with Crippen LogP contribution in [0.2, 0.25) is 0 Å². The van der Waals surface area contributed by atoms with Crippen molar-refractivity contribution in [2.45, 2.75) is 20.4 Å². The maximum Gasteiger partial charge on any atom is 0.128 e. The summed E-state index contributed by atoms with van der Waals surface area (Å²) in [5, 5.41) is 22.9. The van der Waals surface area contributed by atoms with Crippen molar-refractivity contribution in [1.82, 2.24) is 9.78 Å². The highest BCUT2D eigenvalue weighted by Gasteiger charge is 2.14. The van der Waals surface area contributed by atoms with Crippen molar-refractivity contribution in [1.29, 1.82) is 5.26 Å². The Morgan fingerprint density at radius 3 is 2.85 bits per heavy atom. The number of hydrogen-bond acceptors (Lipinski definition) is 4. The minimum Gasteiger partial charge on any atom is -0.508 e. The zero-order valence-electron chi connectivity index (χ0n) is 11.5. The van der Waals surface area contributed by atoms with Crippen LogP contribution in [0.15, 0.2) is 30.5 Å². The Kier molecular flexibility index (Phi) is 3.76. The monoisotopic (exact) mass is 268 g/mol. The molecule has 5 heteroatoms. The lowest BCUT2D eigenvalue weighted by molar-refractivity contribution is 0.475. The normalized spacial score (nSPS) is 11.3. The summed E-state index contributed by atoms with van der Waals surface area (Å²) >= 11 is 0. The number of benzene rings is 1. The van der Waals surface area contributed by atoms with E-state index in [9.17, 15) is 5.11 Å². The van der Waals surface area contributed by atoms with Crippen molar-refractivity contribution in [2.75, 3.05) is 0 Å². The van der Waals surface area contributed by atoms with Crippen molar-refractivity contribution >= 4 is 5.70 Å². The van der Waals surface area contributed by atoms with E-state index in [1.165, 1.54) is 0 Å². The Hall–Kier alpha value is -2.74. The average molecular weight is 268 g/mol. The van der Waals surface area contributed by atoms with Gasteiger partial charge >= 0.3 is 0 Å². The third-order valence-corrected chi connectivity index (χ3v) is 2.95. The summed E-state index contributed by atoms with van der Waals surface area (Å²) in [6.07, 6.45) is 3.53. The third-order valence-electron chi connectivity index (χ3n) is 2.95. The van der Waals surface area contributed by atoms with E-state index < -0.39 is 0 Å². The van der Waals surface area contributed by atoms with Gasteiger partial charge in [0.2, 0.25) is 0 Å². The first kappa shape index (κ1) is 13.7. The van der Waals surface area contributed by atoms with Gasteiger partial charge in [0.15, 0.2) is 0 Å². The number of nitrogens with two attached hydrogens (primary N) is 1. The van der Waals surface area contributed by atoms with E-state index in [-0.39, 0.29) is 12.3 Å². The van der Waals surface area contributed by atoms with Crippen LogP contribution in [-0.2, 0) is 6.54 Å². The molecular weight excluding hydrogens is 252 g/mol. The predicted octanol–water partition coefficient (Wildman–Crippen LogP) is 2.41. The van der Waals surface area contributed by atoms with Crippen LogP contribution >= 0.6 is 0 Å². The molecule has 1 heterocycles. The molecule has 0 saturated carbocycles. The number of hydrogen-bond donors (Lipinski definition) is 2. The second-order valence-electron chi connectivity index (χ2n) is 4.55. The summed E-state index contributed by atoms with van der Waals surface area (Å²) in [5.74, 6) is 0.180. The molecule has 5 nitrogen and oxygen atoms in total. The van der Waals surface area contributed by atoms with Crippen molar-refractivity contribution in [3.63, 3.8) is 0 Å². The van der Waals surface area contributed by atoms with Crippen molar-refractivity contribution < 1.29 is 5.11 Å². The van der Waals surface area contributed by atoms with Crippen LogP contribution in [0.5, 0.6) is 5.75 Å². The number of aryl methyl sites for hydroxylation is 1. The van der Waals surface area contributed by atoms with E-state index in [0.29, 0.717) is 11.4 Å². The maximum atomic E-state index is 9.72. The SMILES string of the molecule is C/C=C(\N)c1cn(CC#N)nc1-c1cc(C)cc(O)c1. The lowest BCUT2D eigenvalue weighted by Gasteiger charge is -2.04. The van der Waals surface area contributed by atoms with Crippen LogP contribution in [0, 0.1) is 18.3 Å². The molecule has 0 amide bonds. The Balaban J connectivity index is 2.62. The number of nitriles is 1. The molecule has 0 fully saturated rings. The average Bonchev–Trinajstić information content (AvgIpc) is 2.81. The zero-order valence-corrected chi connectivity index (χ0v) is 11.5. The van der Waals surface area contributed by atoms with Crippen molar-refractivity contribution in [3.05, 3.63) is 41.6 Å². The molecule has 0 aliphatic carbocycles. The summed E-state index contributed by atoms with van der Waals surface area (Å²) in [4.78, 5) is 0. The molecule has 0 bridgehead atoms. The van der Waals surface area contributed by atoms with Gasteiger partial charge in [0.05, 0.1) is 6.07 Å². The molecule has 0 atom stereocenters. The molecule has 0 aliphatic rings. The third kappa shape index (κ3) is 2.64. The van der Waals surface area contributed by atoms with E-state index >= 15 is 0 Å². The van der Waals surface area contributed by atoms with Gasteiger partial charge in [0, 0.05) is 23.0 Å². The van der Waals surface area contributed by atoms with Gasteiger partial charge in [-0.1, -0.05) is 6.08 Å². The molecule has 102 valence electrons. The topological polar surface area (TPSA) is 87.9 Å². The van der Waals surface area contributed by atoms with Crippen LogP contribution in [-0.4, -0.2) is 14.9 Å². The standard InChI is InChI=1S/C15H16N4O/c1-3-14(17)13-9-19(5-4-16)18-15(13)11-6-10(2)7-12(20)8-11/h3,6-9,20H,5,17H2,1-2H3/b14-3-. The van der Waals surface area contributed by atoms with Crippen molar-refractivity contribution in [2.24, 2.45) is 5.73 Å². The number of aromatic hydroxyl groups is 1. The molecular formula is C15H16N4O. The summed E-state index contributed by atoms with van der Waals surface area (Å²) in [7, 11) is 0. The second kappa shape index (κ2) is 5.49. The van der Waals surface area contributed by atoms with Gasteiger partial charge in [0.1, 0.15) is 18.0 Å². The van der Waals surface area contributed by atoms with Gasteiger partial charge in [-0.15, -0.1) is 0 Å². The molecule has 0 aliphatic heterocycles. The number of phenolic OH excluding ortho intramolecular Hbond substituents is 1. The summed E-state index contributed by atoms with van der Waals surface area (Å²) in [6, 6.07) is 7.28. The zero-order chi connectivity index (χ0) is 14.7. The molecule has 0 spiro atoms. The Morgan fingerprint density at radius 2 is 2.25 bits per heavy atom. The number of allylic oxidation sites excluding steroid dienone is 1. The lowest BCUT2D eigenvalue weighted by Crippen LogP contribution is -1.96. The lowest BCUT2D eigenvalue weighted by atomic mass is 10.0. The smallest absolute Gasteiger partial charge is 0.128 e. The predicted molar refractivity (Wildman–Crippen MR) is 77.5 cm³/mol. The number of rotatable bonds is 3. The number of aromatic nitrogens is 2. The largest absolute Gasteiger partial charge is 0.508 e. The molecule has 20 heavy (non-hydrogen) atoms. The van der Waals surface area contributed by atoms with Crippen molar-refractivity contribution in [3.8, 4) is 23.1 Å². The molecule has 1 aromatic heterocycles. The van der Waals surface area contributed by atoms with Crippen LogP contribution in [0.4, 0.5) is 0 Å². The Morgan fingerprint density at radius 1 is 1.50 bits per heavy atom.